The zero-order chi connectivity index (χ0) is 13.9. The molecular weight excluding hydrogens is 247 g/mol. The molecule has 0 aliphatic carbocycles. The molecular formula is C11H16F3N3O. The molecule has 7 heteroatoms. The van der Waals surface area contributed by atoms with Crippen molar-refractivity contribution >= 4 is 5.91 Å². The molecule has 0 aliphatic rings. The summed E-state index contributed by atoms with van der Waals surface area (Å²) in [5.74, 6) is 0.0924. The summed E-state index contributed by atoms with van der Waals surface area (Å²) < 4.78 is 37.6. The molecule has 4 nitrogen and oxygen atoms in total. The van der Waals surface area contributed by atoms with Crippen LogP contribution in [0.2, 0.25) is 0 Å². The van der Waals surface area contributed by atoms with Crippen LogP contribution >= 0.6 is 0 Å². The summed E-state index contributed by atoms with van der Waals surface area (Å²) in [5, 5.41) is 1.86. The number of amides is 1. The quantitative estimate of drug-likeness (QED) is 0.905. The van der Waals surface area contributed by atoms with Gasteiger partial charge in [0.1, 0.15) is 18.4 Å². The van der Waals surface area contributed by atoms with E-state index in [4.69, 9.17) is 0 Å². The monoisotopic (exact) mass is 263 g/mol. The van der Waals surface area contributed by atoms with Crippen molar-refractivity contribution < 1.29 is 18.0 Å². The normalized spacial score (nSPS) is 13.7. The van der Waals surface area contributed by atoms with Crippen molar-refractivity contribution in [3.05, 3.63) is 18.2 Å². The van der Waals surface area contributed by atoms with Crippen LogP contribution in [0.3, 0.4) is 0 Å². The van der Waals surface area contributed by atoms with Gasteiger partial charge in [-0.15, -0.1) is 0 Å². The van der Waals surface area contributed by atoms with Gasteiger partial charge in [0.2, 0.25) is 5.91 Å². The van der Waals surface area contributed by atoms with Crippen molar-refractivity contribution in [1.29, 1.82) is 0 Å². The topological polar surface area (TPSA) is 46.9 Å². The molecule has 1 N–H and O–H groups in total. The van der Waals surface area contributed by atoms with Crippen molar-refractivity contribution in [3.63, 3.8) is 0 Å². The molecule has 0 spiro atoms. The molecule has 1 atom stereocenters. The summed E-state index contributed by atoms with van der Waals surface area (Å²) in [6.07, 6.45) is -1.28. The van der Waals surface area contributed by atoms with Crippen LogP contribution in [0.25, 0.3) is 0 Å². The second-order valence-electron chi connectivity index (χ2n) is 4.36. The Bertz CT molecular complexity index is 412. The molecule has 102 valence electrons. The summed E-state index contributed by atoms with van der Waals surface area (Å²) in [6, 6.07) is -0.716. The minimum Gasteiger partial charge on any atom is -0.345 e. The van der Waals surface area contributed by atoms with Gasteiger partial charge in [0, 0.05) is 18.3 Å². The van der Waals surface area contributed by atoms with Gasteiger partial charge in [-0.1, -0.05) is 13.8 Å². The predicted octanol–water partition coefficient (Wildman–Crippen LogP) is 2.25. The van der Waals surface area contributed by atoms with Crippen molar-refractivity contribution in [3.8, 4) is 0 Å². The first-order valence-electron chi connectivity index (χ1n) is 5.59. The van der Waals surface area contributed by atoms with E-state index >= 15 is 0 Å². The molecule has 0 aliphatic heterocycles. The van der Waals surface area contributed by atoms with Crippen LogP contribution in [0, 0.1) is 0 Å². The first-order chi connectivity index (χ1) is 8.22. The third kappa shape index (κ3) is 3.75. The number of alkyl halides is 3. The summed E-state index contributed by atoms with van der Waals surface area (Å²) in [4.78, 5) is 15.7. The third-order valence-electron chi connectivity index (χ3n) is 2.47. The predicted molar refractivity (Wildman–Crippen MR) is 60.1 cm³/mol. The fourth-order valence-electron chi connectivity index (χ4n) is 1.56. The van der Waals surface area contributed by atoms with Crippen molar-refractivity contribution in [2.24, 2.45) is 0 Å². The van der Waals surface area contributed by atoms with Gasteiger partial charge in [0.15, 0.2) is 0 Å². The van der Waals surface area contributed by atoms with Gasteiger partial charge in [-0.25, -0.2) is 4.98 Å². The maximum Gasteiger partial charge on any atom is 0.405 e. The lowest BCUT2D eigenvalue weighted by Crippen LogP contribution is -2.38. The summed E-state index contributed by atoms with van der Waals surface area (Å²) >= 11 is 0. The zero-order valence-corrected chi connectivity index (χ0v) is 10.5. The van der Waals surface area contributed by atoms with E-state index in [0.29, 0.717) is 5.82 Å². The Labute approximate surface area is 103 Å². The van der Waals surface area contributed by atoms with Crippen LogP contribution in [-0.4, -0.2) is 28.2 Å². The van der Waals surface area contributed by atoms with E-state index in [1.807, 2.05) is 19.2 Å². The number of rotatable bonds is 4. The highest BCUT2D eigenvalue weighted by atomic mass is 19.4. The van der Waals surface area contributed by atoms with E-state index in [1.54, 1.807) is 17.7 Å². The molecule has 0 bridgehead atoms. The van der Waals surface area contributed by atoms with E-state index in [9.17, 15) is 18.0 Å². The highest BCUT2D eigenvalue weighted by Crippen LogP contribution is 2.18. The van der Waals surface area contributed by atoms with Gasteiger partial charge < -0.3 is 9.88 Å². The molecule has 0 saturated heterocycles. The molecule has 0 radical (unpaired) electrons. The summed E-state index contributed by atoms with van der Waals surface area (Å²) in [5.41, 5.74) is 0. The van der Waals surface area contributed by atoms with Crippen molar-refractivity contribution in [2.75, 3.05) is 6.54 Å². The SMILES string of the molecule is CC(C)c1nccn1[C@H](C)C(=O)NCC(F)(F)F. The summed E-state index contributed by atoms with van der Waals surface area (Å²) in [7, 11) is 0. The minimum absolute atomic E-state index is 0.0952. The fraction of sp³-hybridized carbons (Fsp3) is 0.636. The van der Waals surface area contributed by atoms with Crippen LogP contribution in [0.15, 0.2) is 12.4 Å². The number of imidazole rings is 1. The third-order valence-corrected chi connectivity index (χ3v) is 2.47. The van der Waals surface area contributed by atoms with E-state index in [0.717, 1.165) is 0 Å². The maximum atomic E-state index is 12.0. The number of carbonyl (C=O) groups excluding carboxylic acids is 1. The number of halogens is 3. The van der Waals surface area contributed by atoms with Gasteiger partial charge in [0.25, 0.3) is 0 Å². The molecule has 1 amide bonds. The number of aromatic nitrogens is 2. The average Bonchev–Trinajstić information content (AvgIpc) is 2.72. The number of nitrogens with zero attached hydrogens (tertiary/aromatic N) is 2. The lowest BCUT2D eigenvalue weighted by Gasteiger charge is -2.18. The number of carbonyl (C=O) groups is 1. The molecule has 1 heterocycles. The first-order valence-corrected chi connectivity index (χ1v) is 5.59. The average molecular weight is 263 g/mol. The standard InChI is InChI=1S/C11H16F3N3O/c1-7(2)9-15-4-5-17(9)8(3)10(18)16-6-11(12,13)14/h4-5,7-8H,6H2,1-3H3,(H,16,18)/t8-/m1/s1. The molecule has 1 aromatic heterocycles. The summed E-state index contributed by atoms with van der Waals surface area (Å²) in [6.45, 7) is 4.03. The lowest BCUT2D eigenvalue weighted by atomic mass is 10.2. The van der Waals surface area contributed by atoms with Crippen LogP contribution in [0.1, 0.15) is 38.6 Å². The van der Waals surface area contributed by atoms with E-state index in [1.165, 1.54) is 6.20 Å². The molecule has 0 fully saturated rings. The Morgan fingerprint density at radius 2 is 2.06 bits per heavy atom. The number of nitrogens with one attached hydrogen (secondary N) is 1. The molecule has 0 aromatic carbocycles. The second-order valence-corrected chi connectivity index (χ2v) is 4.36. The van der Waals surface area contributed by atoms with Gasteiger partial charge in [0.05, 0.1) is 0 Å². The van der Waals surface area contributed by atoms with Crippen LogP contribution in [-0.2, 0) is 4.79 Å². The number of hydrogen-bond donors (Lipinski definition) is 1. The molecule has 18 heavy (non-hydrogen) atoms. The Morgan fingerprint density at radius 3 is 2.56 bits per heavy atom. The minimum atomic E-state index is -4.40. The highest BCUT2D eigenvalue weighted by Gasteiger charge is 2.29. The van der Waals surface area contributed by atoms with Gasteiger partial charge >= 0.3 is 6.18 Å². The lowest BCUT2D eigenvalue weighted by molar-refractivity contribution is -0.140. The molecule has 0 saturated carbocycles. The molecule has 1 aromatic rings. The van der Waals surface area contributed by atoms with Gasteiger partial charge in [-0.3, -0.25) is 4.79 Å². The van der Waals surface area contributed by atoms with Crippen molar-refractivity contribution in [2.45, 2.75) is 38.9 Å². The van der Waals surface area contributed by atoms with E-state index in [2.05, 4.69) is 4.98 Å². The van der Waals surface area contributed by atoms with Crippen LogP contribution in [0.5, 0.6) is 0 Å². The highest BCUT2D eigenvalue weighted by molar-refractivity contribution is 5.80. The molecule has 1 rings (SSSR count). The Kier molecular flexibility index (Phi) is 4.37. The van der Waals surface area contributed by atoms with Gasteiger partial charge in [-0.2, -0.15) is 13.2 Å². The van der Waals surface area contributed by atoms with Crippen molar-refractivity contribution in [1.82, 2.24) is 14.9 Å². The Morgan fingerprint density at radius 1 is 1.44 bits per heavy atom. The zero-order valence-electron chi connectivity index (χ0n) is 10.5. The Balaban J connectivity index is 2.72. The smallest absolute Gasteiger partial charge is 0.345 e. The van der Waals surface area contributed by atoms with E-state index < -0.39 is 24.7 Å². The molecule has 0 unspecified atom stereocenters. The largest absolute Gasteiger partial charge is 0.405 e. The Hall–Kier alpha value is -1.53. The fourth-order valence-corrected chi connectivity index (χ4v) is 1.56. The number of hydrogen-bond acceptors (Lipinski definition) is 2. The van der Waals surface area contributed by atoms with Gasteiger partial charge in [-0.05, 0) is 6.92 Å². The van der Waals surface area contributed by atoms with Crippen LogP contribution < -0.4 is 5.32 Å². The second kappa shape index (κ2) is 5.41. The first kappa shape index (κ1) is 14.5. The maximum absolute atomic E-state index is 12.0. The van der Waals surface area contributed by atoms with Crippen LogP contribution in [0.4, 0.5) is 13.2 Å². The van der Waals surface area contributed by atoms with E-state index in [-0.39, 0.29) is 5.92 Å².